The lowest BCUT2D eigenvalue weighted by molar-refractivity contribution is 0.0435. The predicted molar refractivity (Wildman–Crippen MR) is 119 cm³/mol. The van der Waals surface area contributed by atoms with Gasteiger partial charge < -0.3 is 14.8 Å². The normalized spacial score (nSPS) is 15.9. The van der Waals surface area contributed by atoms with Crippen LogP contribution in [-0.2, 0) is 28.9 Å². The van der Waals surface area contributed by atoms with Crippen LogP contribution in [0.4, 0.5) is 4.39 Å². The summed E-state index contributed by atoms with van der Waals surface area (Å²) in [7, 11) is 0. The van der Waals surface area contributed by atoms with E-state index in [0.717, 1.165) is 30.3 Å². The predicted octanol–water partition coefficient (Wildman–Crippen LogP) is 3.81. The van der Waals surface area contributed by atoms with Gasteiger partial charge in [0, 0.05) is 32.2 Å². The highest BCUT2D eigenvalue weighted by Crippen LogP contribution is 2.21. The molecular weight excluding hydrogens is 437 g/mol. The smallest absolute Gasteiger partial charge is 0.339 e. The number of benzene rings is 1. The molecule has 0 spiro atoms. The maximum atomic E-state index is 13.4. The van der Waals surface area contributed by atoms with E-state index in [1.807, 2.05) is 18.5 Å². The summed E-state index contributed by atoms with van der Waals surface area (Å²) in [5.74, 6) is -1.42. The van der Waals surface area contributed by atoms with Crippen LogP contribution < -0.4 is 5.32 Å². The second kappa shape index (κ2) is 11.4. The highest BCUT2D eigenvalue weighted by atomic mass is 35.5. The molecule has 0 bridgehead atoms. The number of nitrogens with one attached hydrogen (secondary N) is 1. The van der Waals surface area contributed by atoms with E-state index in [9.17, 15) is 14.0 Å². The SMILES string of the molecule is CCc1nn(C[C@@H](C)COC(=O)c2cc(F)ccc2Cl)c2c1C(=O)NCCCOCCC2. The van der Waals surface area contributed by atoms with E-state index in [0.29, 0.717) is 44.7 Å². The van der Waals surface area contributed by atoms with E-state index in [1.54, 1.807) is 0 Å². The van der Waals surface area contributed by atoms with Crippen molar-refractivity contribution in [1.82, 2.24) is 15.1 Å². The molecule has 1 atom stereocenters. The topological polar surface area (TPSA) is 82.5 Å². The Bertz CT molecular complexity index is 963. The highest BCUT2D eigenvalue weighted by molar-refractivity contribution is 6.33. The summed E-state index contributed by atoms with van der Waals surface area (Å²) >= 11 is 5.98. The first-order valence-electron chi connectivity index (χ1n) is 11.0. The Balaban J connectivity index is 1.72. The van der Waals surface area contributed by atoms with Gasteiger partial charge in [-0.1, -0.05) is 25.4 Å². The molecule has 0 saturated heterocycles. The van der Waals surface area contributed by atoms with Gasteiger partial charge in [-0.2, -0.15) is 5.10 Å². The number of nitrogens with zero attached hydrogens (tertiary/aromatic N) is 2. The van der Waals surface area contributed by atoms with Crippen LogP contribution in [0.25, 0.3) is 0 Å². The Hall–Kier alpha value is -2.45. The Morgan fingerprint density at radius 2 is 2.16 bits per heavy atom. The van der Waals surface area contributed by atoms with Crippen molar-refractivity contribution in [3.63, 3.8) is 0 Å². The third-order valence-electron chi connectivity index (χ3n) is 5.28. The Labute approximate surface area is 192 Å². The molecule has 0 radical (unpaired) electrons. The number of hydrogen-bond acceptors (Lipinski definition) is 5. The molecule has 2 aromatic rings. The molecule has 174 valence electrons. The van der Waals surface area contributed by atoms with E-state index >= 15 is 0 Å². The standard InChI is InChI=1S/C23H29ClFN3O4/c1-3-19-21-20(6-4-10-31-11-5-9-26-22(21)29)28(27-19)13-15(2)14-32-23(30)17-12-16(25)7-8-18(17)24/h7-8,12,15H,3-6,9-11,13-14H2,1-2H3,(H,26,29)/t15-/m1/s1. The molecular formula is C23H29ClFN3O4. The fourth-order valence-electron chi connectivity index (χ4n) is 3.67. The minimum Gasteiger partial charge on any atom is -0.462 e. The second-order valence-corrected chi connectivity index (χ2v) is 8.36. The van der Waals surface area contributed by atoms with Crippen molar-refractivity contribution in [2.75, 3.05) is 26.4 Å². The average molecular weight is 466 g/mol. The fourth-order valence-corrected chi connectivity index (χ4v) is 3.87. The maximum absolute atomic E-state index is 13.4. The van der Waals surface area contributed by atoms with Crippen LogP contribution in [0.2, 0.25) is 5.02 Å². The van der Waals surface area contributed by atoms with Crippen molar-refractivity contribution >= 4 is 23.5 Å². The third kappa shape index (κ3) is 6.07. The van der Waals surface area contributed by atoms with Crippen molar-refractivity contribution in [1.29, 1.82) is 0 Å². The number of carbonyl (C=O) groups excluding carboxylic acids is 2. The van der Waals surface area contributed by atoms with Crippen LogP contribution in [0.15, 0.2) is 18.2 Å². The molecule has 0 unspecified atom stereocenters. The molecule has 1 aromatic heterocycles. The zero-order valence-corrected chi connectivity index (χ0v) is 19.2. The molecule has 0 fully saturated rings. The summed E-state index contributed by atoms with van der Waals surface area (Å²) in [4.78, 5) is 25.2. The molecule has 1 aromatic carbocycles. The summed E-state index contributed by atoms with van der Waals surface area (Å²) in [6.07, 6.45) is 2.87. The monoisotopic (exact) mass is 465 g/mol. The van der Waals surface area contributed by atoms with Crippen LogP contribution in [0.5, 0.6) is 0 Å². The van der Waals surface area contributed by atoms with Gasteiger partial charge in [-0.15, -0.1) is 0 Å². The van der Waals surface area contributed by atoms with E-state index in [4.69, 9.17) is 21.1 Å². The summed E-state index contributed by atoms with van der Waals surface area (Å²) in [5, 5.41) is 7.78. The van der Waals surface area contributed by atoms with Crippen molar-refractivity contribution < 1.29 is 23.5 Å². The van der Waals surface area contributed by atoms with Gasteiger partial charge in [-0.25, -0.2) is 9.18 Å². The number of esters is 1. The lowest BCUT2D eigenvalue weighted by Gasteiger charge is -2.15. The number of fused-ring (bicyclic) bond motifs is 1. The van der Waals surface area contributed by atoms with Crippen LogP contribution >= 0.6 is 11.6 Å². The summed E-state index contributed by atoms with van der Waals surface area (Å²) < 4.78 is 26.3. The van der Waals surface area contributed by atoms with Crippen molar-refractivity contribution in [3.05, 3.63) is 51.6 Å². The minimum absolute atomic E-state index is 0.00334. The summed E-state index contributed by atoms with van der Waals surface area (Å²) in [5.41, 5.74) is 2.27. The molecule has 2 heterocycles. The van der Waals surface area contributed by atoms with Crippen molar-refractivity contribution in [2.24, 2.45) is 5.92 Å². The number of amides is 1. The molecule has 1 amide bonds. The Morgan fingerprint density at radius 3 is 2.94 bits per heavy atom. The van der Waals surface area contributed by atoms with Crippen LogP contribution in [-0.4, -0.2) is 48.0 Å². The molecule has 0 aliphatic carbocycles. The van der Waals surface area contributed by atoms with Gasteiger partial charge >= 0.3 is 5.97 Å². The number of hydrogen-bond donors (Lipinski definition) is 1. The van der Waals surface area contributed by atoms with Gasteiger partial charge in [0.2, 0.25) is 0 Å². The van der Waals surface area contributed by atoms with Crippen LogP contribution in [0.1, 0.15) is 58.8 Å². The van der Waals surface area contributed by atoms with E-state index in [1.165, 1.54) is 12.1 Å². The van der Waals surface area contributed by atoms with Gasteiger partial charge in [0.25, 0.3) is 5.91 Å². The second-order valence-electron chi connectivity index (χ2n) is 7.96. The van der Waals surface area contributed by atoms with Gasteiger partial charge in [0.05, 0.1) is 34.1 Å². The van der Waals surface area contributed by atoms with Crippen molar-refractivity contribution in [3.8, 4) is 0 Å². The molecule has 0 saturated carbocycles. The zero-order valence-electron chi connectivity index (χ0n) is 18.5. The average Bonchev–Trinajstić information content (AvgIpc) is 3.10. The number of aromatic nitrogens is 2. The number of carbonyl (C=O) groups is 2. The van der Waals surface area contributed by atoms with Crippen LogP contribution in [0, 0.1) is 11.7 Å². The number of aryl methyl sites for hydroxylation is 1. The van der Waals surface area contributed by atoms with E-state index in [-0.39, 0.29) is 29.0 Å². The summed E-state index contributed by atoms with van der Waals surface area (Å²) in [6.45, 7) is 6.29. The Kier molecular flexibility index (Phi) is 8.64. The van der Waals surface area contributed by atoms with Crippen molar-refractivity contribution in [2.45, 2.75) is 46.1 Å². The lowest BCUT2D eigenvalue weighted by atomic mass is 10.1. The maximum Gasteiger partial charge on any atom is 0.339 e. The molecule has 32 heavy (non-hydrogen) atoms. The Morgan fingerprint density at radius 1 is 1.38 bits per heavy atom. The molecule has 1 aliphatic heterocycles. The number of rotatable bonds is 6. The minimum atomic E-state index is -0.674. The molecule has 9 heteroatoms. The van der Waals surface area contributed by atoms with Gasteiger partial charge in [-0.3, -0.25) is 9.48 Å². The molecule has 3 rings (SSSR count). The van der Waals surface area contributed by atoms with Gasteiger partial charge in [-0.05, 0) is 43.9 Å². The number of ether oxygens (including phenoxy) is 2. The quantitative estimate of drug-likeness (QED) is 0.656. The van der Waals surface area contributed by atoms with Crippen LogP contribution in [0.3, 0.4) is 0 Å². The fraction of sp³-hybridized carbons (Fsp3) is 0.522. The molecule has 7 nitrogen and oxygen atoms in total. The molecule has 1 aliphatic rings. The first-order chi connectivity index (χ1) is 15.4. The largest absolute Gasteiger partial charge is 0.462 e. The molecule has 1 N–H and O–H groups in total. The lowest BCUT2D eigenvalue weighted by Crippen LogP contribution is -2.27. The van der Waals surface area contributed by atoms with E-state index in [2.05, 4.69) is 10.4 Å². The van der Waals surface area contributed by atoms with Gasteiger partial charge in [0.1, 0.15) is 5.82 Å². The van der Waals surface area contributed by atoms with Gasteiger partial charge in [0.15, 0.2) is 0 Å². The zero-order chi connectivity index (χ0) is 23.1. The summed E-state index contributed by atoms with van der Waals surface area (Å²) in [6, 6.07) is 3.58. The third-order valence-corrected chi connectivity index (χ3v) is 5.61. The van der Waals surface area contributed by atoms with E-state index < -0.39 is 11.8 Å². The first-order valence-corrected chi connectivity index (χ1v) is 11.3. The highest BCUT2D eigenvalue weighted by Gasteiger charge is 2.24. The first kappa shape index (κ1) is 24.2. The number of halogens is 2.